The maximum Gasteiger partial charge on any atom is 0.246 e. The molecule has 28 heavy (non-hydrogen) atoms. The van der Waals surface area contributed by atoms with Crippen LogP contribution in [0, 0.1) is 0 Å². The van der Waals surface area contributed by atoms with Crippen molar-refractivity contribution in [1.82, 2.24) is 4.31 Å². The van der Waals surface area contributed by atoms with Crippen LogP contribution in [0.1, 0.15) is 38.2 Å². The van der Waals surface area contributed by atoms with Gasteiger partial charge in [0.2, 0.25) is 15.9 Å². The van der Waals surface area contributed by atoms with Crippen LogP contribution in [0.3, 0.4) is 0 Å². The van der Waals surface area contributed by atoms with Gasteiger partial charge in [0, 0.05) is 19.8 Å². The number of carbonyl (C=O) groups is 1. The average molecular weight is 405 g/mol. The summed E-state index contributed by atoms with van der Waals surface area (Å²) in [5.41, 5.74) is 1.36. The van der Waals surface area contributed by atoms with Gasteiger partial charge in [-0.15, -0.1) is 0 Å². The van der Waals surface area contributed by atoms with Crippen LogP contribution in [0.4, 0.5) is 5.69 Å². The minimum Gasteiger partial charge on any atom is -0.492 e. The van der Waals surface area contributed by atoms with Crippen molar-refractivity contribution in [1.29, 1.82) is 0 Å². The molecule has 7 heteroatoms. The molecule has 1 N–H and O–H groups in total. The lowest BCUT2D eigenvalue weighted by molar-refractivity contribution is -0.117. The highest BCUT2D eigenvalue weighted by atomic mass is 32.2. The first-order chi connectivity index (χ1) is 13.3. The van der Waals surface area contributed by atoms with Gasteiger partial charge in [-0.25, -0.2) is 12.7 Å². The normalized spacial score (nSPS) is 12.6. The van der Waals surface area contributed by atoms with Crippen LogP contribution < -0.4 is 10.1 Å². The van der Waals surface area contributed by atoms with Crippen molar-refractivity contribution in [2.24, 2.45) is 0 Å². The topological polar surface area (TPSA) is 75.7 Å². The zero-order valence-corrected chi connectivity index (χ0v) is 17.6. The van der Waals surface area contributed by atoms with Crippen LogP contribution in [0.2, 0.25) is 0 Å². The van der Waals surface area contributed by atoms with E-state index in [0.29, 0.717) is 18.7 Å². The number of amides is 1. The molecule has 0 unspecified atom stereocenters. The molecule has 0 aromatic heterocycles. The van der Waals surface area contributed by atoms with Crippen LogP contribution in [0.25, 0.3) is 0 Å². The summed E-state index contributed by atoms with van der Waals surface area (Å²) in [7, 11) is -0.791. The molecule has 0 heterocycles. The second kappa shape index (κ2) is 9.71. The third-order valence-corrected chi connectivity index (χ3v) is 6.20. The Hall–Kier alpha value is -2.38. The standard InChI is InChI=1S/C21H28N2O4S/c1-5-10-18(16-11-8-7-9-12-16)21(24)22-17-13-14-19(27-6-2)20(15-17)28(25,26)23(3)4/h7-9,11-15,18H,5-6,10H2,1-4H3,(H,22,24)/t18-/m0/s1. The fraction of sp³-hybridized carbons (Fsp3) is 0.381. The van der Waals surface area contributed by atoms with E-state index in [9.17, 15) is 13.2 Å². The first kappa shape index (κ1) is 21.9. The van der Waals surface area contributed by atoms with Crippen LogP contribution in [0.5, 0.6) is 5.75 Å². The molecule has 0 spiro atoms. The van der Waals surface area contributed by atoms with Gasteiger partial charge in [0.25, 0.3) is 0 Å². The first-order valence-corrected chi connectivity index (χ1v) is 10.8. The third-order valence-electron chi connectivity index (χ3n) is 4.37. The molecule has 1 atom stereocenters. The molecule has 152 valence electrons. The largest absolute Gasteiger partial charge is 0.492 e. The number of nitrogens with zero attached hydrogens (tertiary/aromatic N) is 1. The van der Waals surface area contributed by atoms with Crippen molar-refractivity contribution < 1.29 is 17.9 Å². The van der Waals surface area contributed by atoms with Gasteiger partial charge in [0.15, 0.2) is 0 Å². The van der Waals surface area contributed by atoms with E-state index in [4.69, 9.17) is 4.74 Å². The summed E-state index contributed by atoms with van der Waals surface area (Å²) in [6, 6.07) is 14.3. The molecule has 1 amide bonds. The van der Waals surface area contributed by atoms with Gasteiger partial charge in [0.05, 0.1) is 12.5 Å². The van der Waals surface area contributed by atoms with E-state index in [1.54, 1.807) is 19.1 Å². The SMILES string of the molecule is CCC[C@H](C(=O)Nc1ccc(OCC)c(S(=O)(=O)N(C)C)c1)c1ccccc1. The molecular formula is C21H28N2O4S. The van der Waals surface area contributed by atoms with Gasteiger partial charge >= 0.3 is 0 Å². The quantitative estimate of drug-likeness (QED) is 0.689. The summed E-state index contributed by atoms with van der Waals surface area (Å²) in [6.45, 7) is 4.16. The Bertz CT molecular complexity index is 896. The Morgan fingerprint density at radius 3 is 2.36 bits per heavy atom. The maximum absolute atomic E-state index is 12.9. The molecule has 0 bridgehead atoms. The predicted octanol–water partition coefficient (Wildman–Crippen LogP) is 3.86. The summed E-state index contributed by atoms with van der Waals surface area (Å²) in [5.74, 6) is -0.195. The molecule has 2 aromatic rings. The van der Waals surface area contributed by atoms with Crippen LogP contribution in [-0.4, -0.2) is 39.3 Å². The fourth-order valence-corrected chi connectivity index (χ4v) is 3.96. The molecule has 0 fully saturated rings. The van der Waals surface area contributed by atoms with E-state index in [1.165, 1.54) is 20.2 Å². The Balaban J connectivity index is 2.36. The van der Waals surface area contributed by atoms with Gasteiger partial charge < -0.3 is 10.1 Å². The van der Waals surface area contributed by atoms with Gasteiger partial charge in [-0.2, -0.15) is 0 Å². The highest BCUT2D eigenvalue weighted by molar-refractivity contribution is 7.89. The number of hydrogen-bond donors (Lipinski definition) is 1. The summed E-state index contributed by atoms with van der Waals surface area (Å²) >= 11 is 0. The third kappa shape index (κ3) is 5.11. The van der Waals surface area contributed by atoms with Crippen molar-refractivity contribution in [3.05, 3.63) is 54.1 Å². The van der Waals surface area contributed by atoms with E-state index in [-0.39, 0.29) is 22.5 Å². The molecule has 0 saturated carbocycles. The number of anilines is 1. The molecule has 6 nitrogen and oxygen atoms in total. The first-order valence-electron chi connectivity index (χ1n) is 9.36. The monoisotopic (exact) mass is 404 g/mol. The molecule has 0 aliphatic carbocycles. The van der Waals surface area contributed by atoms with Gasteiger partial charge in [-0.3, -0.25) is 4.79 Å². The predicted molar refractivity (Wildman–Crippen MR) is 111 cm³/mol. The molecule has 0 aliphatic rings. The van der Waals surface area contributed by atoms with Crippen LogP contribution in [-0.2, 0) is 14.8 Å². The number of ether oxygens (including phenoxy) is 1. The minimum absolute atomic E-state index is 0.0314. The fourth-order valence-electron chi connectivity index (χ4n) is 2.91. The Kier molecular flexibility index (Phi) is 7.60. The molecule has 0 saturated heterocycles. The highest BCUT2D eigenvalue weighted by Gasteiger charge is 2.24. The summed E-state index contributed by atoms with van der Waals surface area (Å²) in [6.07, 6.45) is 1.56. The lowest BCUT2D eigenvalue weighted by Crippen LogP contribution is -2.24. The van der Waals surface area contributed by atoms with E-state index in [2.05, 4.69) is 5.32 Å². The number of hydrogen-bond acceptors (Lipinski definition) is 4. The molecule has 0 aliphatic heterocycles. The number of nitrogens with one attached hydrogen (secondary N) is 1. The lowest BCUT2D eigenvalue weighted by Gasteiger charge is -2.19. The summed E-state index contributed by atoms with van der Waals surface area (Å²) in [4.78, 5) is 12.9. The molecule has 2 rings (SSSR count). The van der Waals surface area contributed by atoms with Crippen LogP contribution in [0.15, 0.2) is 53.4 Å². The van der Waals surface area contributed by atoms with E-state index >= 15 is 0 Å². The molecule has 2 aromatic carbocycles. The number of carbonyl (C=O) groups excluding carboxylic acids is 1. The van der Waals surface area contributed by atoms with Crippen molar-refractivity contribution in [2.75, 3.05) is 26.0 Å². The highest BCUT2D eigenvalue weighted by Crippen LogP contribution is 2.30. The molecular weight excluding hydrogens is 376 g/mol. The van der Waals surface area contributed by atoms with Crippen molar-refractivity contribution in [3.63, 3.8) is 0 Å². The van der Waals surface area contributed by atoms with E-state index in [1.807, 2.05) is 37.3 Å². The Morgan fingerprint density at radius 2 is 1.79 bits per heavy atom. The van der Waals surface area contributed by atoms with E-state index < -0.39 is 10.0 Å². The number of benzene rings is 2. The second-order valence-corrected chi connectivity index (χ2v) is 8.74. The van der Waals surface area contributed by atoms with Gasteiger partial charge in [-0.05, 0) is 37.1 Å². The maximum atomic E-state index is 12.9. The van der Waals surface area contributed by atoms with Crippen molar-refractivity contribution in [2.45, 2.75) is 37.5 Å². The van der Waals surface area contributed by atoms with Crippen molar-refractivity contribution in [3.8, 4) is 5.75 Å². The Morgan fingerprint density at radius 1 is 1.11 bits per heavy atom. The Labute approximate surface area is 167 Å². The van der Waals surface area contributed by atoms with Crippen molar-refractivity contribution >= 4 is 21.6 Å². The number of sulfonamides is 1. The smallest absolute Gasteiger partial charge is 0.246 e. The van der Waals surface area contributed by atoms with Gasteiger partial charge in [-0.1, -0.05) is 43.7 Å². The zero-order chi connectivity index (χ0) is 20.7. The zero-order valence-electron chi connectivity index (χ0n) is 16.8. The second-order valence-electron chi connectivity index (χ2n) is 6.62. The lowest BCUT2D eigenvalue weighted by atomic mass is 9.93. The summed E-state index contributed by atoms with van der Waals surface area (Å²) < 4.78 is 31.9. The number of rotatable bonds is 9. The van der Waals surface area contributed by atoms with E-state index in [0.717, 1.165) is 16.3 Å². The van der Waals surface area contributed by atoms with Gasteiger partial charge in [0.1, 0.15) is 10.6 Å². The van der Waals surface area contributed by atoms with Crippen LogP contribution >= 0.6 is 0 Å². The average Bonchev–Trinajstić information content (AvgIpc) is 2.67. The summed E-state index contributed by atoms with van der Waals surface area (Å²) in [5, 5.41) is 2.87. The minimum atomic E-state index is -3.71. The molecule has 0 radical (unpaired) electrons.